The van der Waals surface area contributed by atoms with Gasteiger partial charge in [-0.25, -0.2) is 4.63 Å². The van der Waals surface area contributed by atoms with Crippen LogP contribution in [0.2, 0.25) is 0 Å². The molecule has 2 N–H and O–H groups in total. The minimum atomic E-state index is -0.106. The Morgan fingerprint density at radius 2 is 2.40 bits per heavy atom. The number of carbonyl (C=O) groups is 1. The normalized spacial score (nSPS) is 16.9. The van der Waals surface area contributed by atoms with Gasteiger partial charge in [0.25, 0.3) is 5.88 Å². The maximum absolute atomic E-state index is 11.9. The van der Waals surface area contributed by atoms with Crippen molar-refractivity contribution in [2.75, 3.05) is 26.2 Å². The Morgan fingerprint density at radius 3 is 3.12 bits per heavy atom. The number of rotatable bonds is 7. The standard InChI is InChI=1S/C15H22N6O3.ClH/c1-11-15(20-24-19-11)23-8-6-17-14(22)10-21-7-4-13(18-21)12-3-2-5-16-9-12;/h4,7,12,16H,2-3,5-6,8-10H2,1H3,(H,17,22);1H. The number of nitrogens with one attached hydrogen (secondary N) is 2. The molecule has 138 valence electrons. The highest BCUT2D eigenvalue weighted by Gasteiger charge is 2.17. The first kappa shape index (κ1) is 19.2. The van der Waals surface area contributed by atoms with E-state index in [9.17, 15) is 4.79 Å². The van der Waals surface area contributed by atoms with E-state index in [4.69, 9.17) is 4.74 Å². The zero-order valence-corrected chi connectivity index (χ0v) is 14.9. The van der Waals surface area contributed by atoms with Gasteiger partial charge in [-0.15, -0.1) is 12.4 Å². The van der Waals surface area contributed by atoms with E-state index in [0.717, 1.165) is 25.2 Å². The number of amides is 1. The molecule has 2 aromatic rings. The van der Waals surface area contributed by atoms with E-state index in [2.05, 4.69) is 30.7 Å². The number of ether oxygens (including phenoxy) is 1. The van der Waals surface area contributed by atoms with Crippen LogP contribution in [0.15, 0.2) is 16.9 Å². The Balaban J connectivity index is 0.00000225. The molecule has 1 aliphatic heterocycles. The molecule has 0 bridgehead atoms. The van der Waals surface area contributed by atoms with Gasteiger partial charge in [0.2, 0.25) is 5.91 Å². The van der Waals surface area contributed by atoms with Crippen LogP contribution in [0.4, 0.5) is 0 Å². The summed E-state index contributed by atoms with van der Waals surface area (Å²) in [5, 5.41) is 17.9. The third-order valence-electron chi connectivity index (χ3n) is 3.96. The number of hydrogen-bond donors (Lipinski definition) is 2. The SMILES string of the molecule is Cc1nonc1OCCNC(=O)Cn1ccc(C2CCCNC2)n1.Cl. The van der Waals surface area contributed by atoms with Crippen LogP contribution in [0.3, 0.4) is 0 Å². The third-order valence-corrected chi connectivity index (χ3v) is 3.96. The zero-order chi connectivity index (χ0) is 16.8. The molecule has 0 saturated carbocycles. The lowest BCUT2D eigenvalue weighted by atomic mass is 9.97. The number of piperidine rings is 1. The highest BCUT2D eigenvalue weighted by atomic mass is 35.5. The summed E-state index contributed by atoms with van der Waals surface area (Å²) >= 11 is 0. The lowest BCUT2D eigenvalue weighted by Gasteiger charge is -2.20. The molecule has 0 radical (unpaired) electrons. The van der Waals surface area contributed by atoms with Crippen molar-refractivity contribution in [2.24, 2.45) is 0 Å². The number of halogens is 1. The number of aromatic nitrogens is 4. The topological polar surface area (TPSA) is 107 Å². The molecule has 2 aromatic heterocycles. The smallest absolute Gasteiger partial charge is 0.278 e. The predicted octanol–water partition coefficient (Wildman–Crippen LogP) is 0.659. The molecule has 1 saturated heterocycles. The highest BCUT2D eigenvalue weighted by Crippen LogP contribution is 2.21. The molecule has 1 amide bonds. The maximum atomic E-state index is 11.9. The van der Waals surface area contributed by atoms with Gasteiger partial charge < -0.3 is 15.4 Å². The average molecular weight is 371 g/mol. The summed E-state index contributed by atoms with van der Waals surface area (Å²) in [6, 6.07) is 1.99. The van der Waals surface area contributed by atoms with E-state index in [-0.39, 0.29) is 24.9 Å². The largest absolute Gasteiger partial charge is 0.472 e. The number of nitrogens with zero attached hydrogens (tertiary/aromatic N) is 4. The molecule has 3 rings (SSSR count). The van der Waals surface area contributed by atoms with Crippen molar-refractivity contribution in [3.63, 3.8) is 0 Å². The Morgan fingerprint density at radius 1 is 1.52 bits per heavy atom. The molecule has 9 nitrogen and oxygen atoms in total. The molecule has 10 heteroatoms. The van der Waals surface area contributed by atoms with Gasteiger partial charge in [0.1, 0.15) is 18.8 Å². The predicted molar refractivity (Wildman–Crippen MR) is 91.9 cm³/mol. The van der Waals surface area contributed by atoms with Crippen LogP contribution in [-0.4, -0.2) is 52.2 Å². The lowest BCUT2D eigenvalue weighted by molar-refractivity contribution is -0.121. The van der Waals surface area contributed by atoms with Gasteiger partial charge in [0.05, 0.1) is 12.2 Å². The minimum Gasteiger partial charge on any atom is -0.472 e. The third kappa shape index (κ3) is 5.43. The summed E-state index contributed by atoms with van der Waals surface area (Å²) in [7, 11) is 0. The van der Waals surface area contributed by atoms with Crippen LogP contribution >= 0.6 is 12.4 Å². The van der Waals surface area contributed by atoms with Crippen LogP contribution in [0.25, 0.3) is 0 Å². The molecular formula is C15H23ClN6O3. The fourth-order valence-corrected chi connectivity index (χ4v) is 2.68. The summed E-state index contributed by atoms with van der Waals surface area (Å²) in [6.45, 7) is 4.65. The van der Waals surface area contributed by atoms with Crippen molar-refractivity contribution in [1.29, 1.82) is 0 Å². The monoisotopic (exact) mass is 370 g/mol. The van der Waals surface area contributed by atoms with Crippen molar-refractivity contribution in [3.05, 3.63) is 23.7 Å². The summed E-state index contributed by atoms with van der Waals surface area (Å²) in [4.78, 5) is 11.9. The van der Waals surface area contributed by atoms with E-state index < -0.39 is 0 Å². The average Bonchev–Trinajstić information content (AvgIpc) is 3.22. The van der Waals surface area contributed by atoms with Crippen LogP contribution in [0.1, 0.15) is 30.1 Å². The molecule has 25 heavy (non-hydrogen) atoms. The summed E-state index contributed by atoms with van der Waals surface area (Å²) in [5.74, 6) is 0.683. The van der Waals surface area contributed by atoms with E-state index in [1.165, 1.54) is 6.42 Å². The first-order chi connectivity index (χ1) is 11.7. The van der Waals surface area contributed by atoms with Gasteiger partial charge in [-0.1, -0.05) is 5.16 Å². The Kier molecular flexibility index (Phi) is 7.20. The minimum absolute atomic E-state index is 0. The fourth-order valence-electron chi connectivity index (χ4n) is 2.68. The molecule has 0 aliphatic carbocycles. The van der Waals surface area contributed by atoms with Crippen LogP contribution in [-0.2, 0) is 11.3 Å². The van der Waals surface area contributed by atoms with Gasteiger partial charge in [-0.05, 0) is 37.5 Å². The molecule has 1 unspecified atom stereocenters. The second-order valence-electron chi connectivity index (χ2n) is 5.83. The van der Waals surface area contributed by atoms with Gasteiger partial charge >= 0.3 is 0 Å². The van der Waals surface area contributed by atoms with Crippen LogP contribution in [0, 0.1) is 6.92 Å². The second-order valence-corrected chi connectivity index (χ2v) is 5.83. The van der Waals surface area contributed by atoms with Crippen LogP contribution < -0.4 is 15.4 Å². The number of carbonyl (C=O) groups excluding carboxylic acids is 1. The lowest BCUT2D eigenvalue weighted by Crippen LogP contribution is -2.31. The second kappa shape index (κ2) is 9.38. The highest BCUT2D eigenvalue weighted by molar-refractivity contribution is 5.85. The maximum Gasteiger partial charge on any atom is 0.278 e. The molecule has 3 heterocycles. The molecular weight excluding hydrogens is 348 g/mol. The van der Waals surface area contributed by atoms with Gasteiger partial charge in [0, 0.05) is 18.7 Å². The van der Waals surface area contributed by atoms with Gasteiger partial charge in [-0.2, -0.15) is 5.10 Å². The zero-order valence-electron chi connectivity index (χ0n) is 14.1. The van der Waals surface area contributed by atoms with Crippen molar-refractivity contribution < 1.29 is 14.2 Å². The summed E-state index contributed by atoms with van der Waals surface area (Å²) in [5.41, 5.74) is 1.63. The molecule has 0 spiro atoms. The summed E-state index contributed by atoms with van der Waals surface area (Å²) in [6.07, 6.45) is 4.16. The first-order valence-electron chi connectivity index (χ1n) is 8.15. The van der Waals surface area contributed by atoms with E-state index in [1.54, 1.807) is 11.6 Å². The fraction of sp³-hybridized carbons (Fsp3) is 0.600. The van der Waals surface area contributed by atoms with Crippen molar-refractivity contribution in [1.82, 2.24) is 30.7 Å². The van der Waals surface area contributed by atoms with E-state index in [0.29, 0.717) is 30.6 Å². The van der Waals surface area contributed by atoms with Crippen LogP contribution in [0.5, 0.6) is 5.88 Å². The van der Waals surface area contributed by atoms with Crippen molar-refractivity contribution in [3.8, 4) is 5.88 Å². The molecule has 0 aromatic carbocycles. The quantitative estimate of drug-likeness (QED) is 0.689. The van der Waals surface area contributed by atoms with Crippen molar-refractivity contribution >= 4 is 18.3 Å². The first-order valence-corrected chi connectivity index (χ1v) is 8.15. The molecule has 1 atom stereocenters. The Labute approximate surface area is 151 Å². The Hall–Kier alpha value is -2.13. The van der Waals surface area contributed by atoms with E-state index in [1.807, 2.05) is 12.3 Å². The van der Waals surface area contributed by atoms with Gasteiger partial charge in [0.15, 0.2) is 0 Å². The van der Waals surface area contributed by atoms with E-state index >= 15 is 0 Å². The molecule has 1 aliphatic rings. The Bertz CT molecular complexity index is 668. The summed E-state index contributed by atoms with van der Waals surface area (Å²) < 4.78 is 11.5. The van der Waals surface area contributed by atoms with Crippen molar-refractivity contribution in [2.45, 2.75) is 32.2 Å². The molecule has 1 fully saturated rings. The number of hydrogen-bond acceptors (Lipinski definition) is 7. The number of aryl methyl sites for hydroxylation is 1. The van der Waals surface area contributed by atoms with Gasteiger partial charge in [-0.3, -0.25) is 9.48 Å².